The van der Waals surface area contributed by atoms with E-state index in [0.717, 1.165) is 0 Å². The van der Waals surface area contributed by atoms with Gasteiger partial charge in [0.05, 0.1) is 17.4 Å². The number of rotatable bonds is 4. The number of amides is 1. The molecular formula is C18H19FN4OS. The number of aromatic nitrogens is 3. The lowest BCUT2D eigenvalue weighted by molar-refractivity contribution is 0.0915. The topological polar surface area (TPSA) is 59.8 Å². The first-order valence-electron chi connectivity index (χ1n) is 7.88. The Bertz CT molecular complexity index is 921. The molecule has 1 atom stereocenters. The fourth-order valence-corrected chi connectivity index (χ4v) is 2.42. The van der Waals surface area contributed by atoms with Crippen molar-refractivity contribution >= 4 is 29.4 Å². The Morgan fingerprint density at radius 2 is 2.12 bits per heavy atom. The molecule has 0 saturated carbocycles. The first-order valence-corrected chi connectivity index (χ1v) is 8.40. The second kappa shape index (κ2) is 6.48. The highest BCUT2D eigenvalue weighted by Gasteiger charge is 2.27. The number of nitrogens with zero attached hydrogens (tertiary/aromatic N) is 3. The van der Waals surface area contributed by atoms with Gasteiger partial charge < -0.3 is 5.32 Å². The highest BCUT2D eigenvalue weighted by atomic mass is 32.1. The number of carbonyl (C=O) groups is 1. The van der Waals surface area contributed by atoms with Crippen molar-refractivity contribution in [1.29, 1.82) is 0 Å². The molecule has 7 heteroatoms. The van der Waals surface area contributed by atoms with Crippen LogP contribution in [0.1, 0.15) is 31.1 Å². The summed E-state index contributed by atoms with van der Waals surface area (Å²) in [6.07, 6.45) is 4.91. The average molecular weight is 358 g/mol. The zero-order valence-electron chi connectivity index (χ0n) is 14.2. The molecule has 3 aromatic rings. The normalized spacial score (nSPS) is 13.0. The van der Waals surface area contributed by atoms with Crippen molar-refractivity contribution in [2.75, 3.05) is 0 Å². The van der Waals surface area contributed by atoms with Crippen molar-refractivity contribution in [1.82, 2.24) is 20.1 Å². The second-order valence-electron chi connectivity index (χ2n) is 6.49. The minimum absolute atomic E-state index is 0.0505. The van der Waals surface area contributed by atoms with Gasteiger partial charge in [0.2, 0.25) is 0 Å². The molecule has 130 valence electrons. The van der Waals surface area contributed by atoms with Crippen LogP contribution < -0.4 is 5.32 Å². The maximum atomic E-state index is 14.2. The summed E-state index contributed by atoms with van der Waals surface area (Å²) in [7, 11) is 0. The molecule has 1 unspecified atom stereocenters. The zero-order chi connectivity index (χ0) is 18.2. The third-order valence-corrected chi connectivity index (χ3v) is 4.91. The van der Waals surface area contributed by atoms with Crippen LogP contribution >= 0.6 is 12.6 Å². The van der Waals surface area contributed by atoms with Gasteiger partial charge in [0.1, 0.15) is 5.52 Å². The van der Waals surface area contributed by atoms with Gasteiger partial charge in [-0.05, 0) is 38.1 Å². The molecule has 2 heterocycles. The van der Waals surface area contributed by atoms with E-state index in [-0.39, 0.29) is 16.7 Å². The maximum absolute atomic E-state index is 14.2. The van der Waals surface area contributed by atoms with Crippen LogP contribution in [-0.2, 0) is 0 Å². The van der Waals surface area contributed by atoms with Crippen LogP contribution in [0.4, 0.5) is 4.39 Å². The number of benzene rings is 1. The minimum atomic E-state index is -0.514. The third kappa shape index (κ3) is 3.37. The van der Waals surface area contributed by atoms with E-state index in [2.05, 4.69) is 28.0 Å². The van der Waals surface area contributed by atoms with Gasteiger partial charge in [0.15, 0.2) is 5.82 Å². The fraction of sp³-hybridized carbons (Fsp3) is 0.278. The van der Waals surface area contributed by atoms with E-state index in [9.17, 15) is 9.18 Å². The third-order valence-electron chi connectivity index (χ3n) is 4.26. The molecule has 5 nitrogen and oxygen atoms in total. The number of thiol groups is 1. The number of hydrogen-bond donors (Lipinski definition) is 2. The molecule has 3 rings (SSSR count). The summed E-state index contributed by atoms with van der Waals surface area (Å²) in [5, 5.41) is 7.61. The van der Waals surface area contributed by atoms with Gasteiger partial charge in [-0.3, -0.25) is 9.78 Å². The van der Waals surface area contributed by atoms with E-state index in [4.69, 9.17) is 0 Å². The van der Waals surface area contributed by atoms with Gasteiger partial charge in [-0.15, -0.1) is 0 Å². The second-order valence-corrected chi connectivity index (χ2v) is 7.27. The predicted octanol–water partition coefficient (Wildman–Crippen LogP) is 3.39. The van der Waals surface area contributed by atoms with Crippen LogP contribution in [-0.4, -0.2) is 31.5 Å². The molecular weight excluding hydrogens is 339 g/mol. The lowest BCUT2D eigenvalue weighted by atomic mass is 10.00. The molecule has 0 aliphatic carbocycles. The van der Waals surface area contributed by atoms with Crippen LogP contribution in [0, 0.1) is 5.82 Å². The molecule has 0 saturated heterocycles. The van der Waals surface area contributed by atoms with Crippen LogP contribution in [0.5, 0.6) is 0 Å². The van der Waals surface area contributed by atoms with E-state index in [0.29, 0.717) is 16.6 Å². The van der Waals surface area contributed by atoms with Crippen LogP contribution in [0.2, 0.25) is 0 Å². The molecule has 0 aliphatic rings. The Labute approximate surface area is 150 Å². The number of hydrogen-bond acceptors (Lipinski definition) is 4. The quantitative estimate of drug-likeness (QED) is 0.703. The van der Waals surface area contributed by atoms with Crippen molar-refractivity contribution in [3.05, 3.63) is 54.2 Å². The van der Waals surface area contributed by atoms with Gasteiger partial charge in [0, 0.05) is 28.6 Å². The predicted molar refractivity (Wildman–Crippen MR) is 98.8 cm³/mol. The summed E-state index contributed by atoms with van der Waals surface area (Å²) in [5.74, 6) is -0.766. The van der Waals surface area contributed by atoms with Gasteiger partial charge in [-0.25, -0.2) is 9.07 Å². The van der Waals surface area contributed by atoms with Gasteiger partial charge >= 0.3 is 0 Å². The number of carbonyl (C=O) groups excluding carboxylic acids is 1. The Kier molecular flexibility index (Phi) is 4.51. The molecule has 1 aromatic carbocycles. The van der Waals surface area contributed by atoms with Gasteiger partial charge in [-0.2, -0.15) is 17.7 Å². The summed E-state index contributed by atoms with van der Waals surface area (Å²) in [6, 6.07) is 6.31. The Hall–Kier alpha value is -2.41. The Morgan fingerprint density at radius 3 is 2.76 bits per heavy atom. The highest BCUT2D eigenvalue weighted by molar-refractivity contribution is 7.81. The summed E-state index contributed by atoms with van der Waals surface area (Å²) in [6.45, 7) is 5.69. The lowest BCUT2D eigenvalue weighted by Gasteiger charge is -2.29. The fourth-order valence-electron chi connectivity index (χ4n) is 2.36. The summed E-state index contributed by atoms with van der Waals surface area (Å²) >= 11 is 4.41. The first-order chi connectivity index (χ1) is 11.8. The van der Waals surface area contributed by atoms with E-state index < -0.39 is 11.4 Å². The molecule has 1 N–H and O–H groups in total. The molecule has 0 spiro atoms. The molecule has 0 bridgehead atoms. The standard InChI is InChI=1S/C18H19FN4OS/c1-11(25)18(2,3)21-17(24)13-6-7-15(19)16-14(13)10-23(22-16)12-5-4-8-20-9-12/h4-11,25H,1-3H3,(H,21,24). The van der Waals surface area contributed by atoms with Crippen LogP contribution in [0.15, 0.2) is 42.9 Å². The van der Waals surface area contributed by atoms with Crippen molar-refractivity contribution in [3.8, 4) is 5.69 Å². The molecule has 25 heavy (non-hydrogen) atoms. The SMILES string of the molecule is CC(S)C(C)(C)NC(=O)c1ccc(F)c2nn(-c3cccnc3)cc12. The zero-order valence-corrected chi connectivity index (χ0v) is 15.1. The van der Waals surface area contributed by atoms with Crippen LogP contribution in [0.3, 0.4) is 0 Å². The number of fused-ring (bicyclic) bond motifs is 1. The molecule has 0 radical (unpaired) electrons. The van der Waals surface area contributed by atoms with Crippen molar-refractivity contribution < 1.29 is 9.18 Å². The number of halogens is 1. The van der Waals surface area contributed by atoms with Crippen molar-refractivity contribution in [2.24, 2.45) is 0 Å². The van der Waals surface area contributed by atoms with Crippen molar-refractivity contribution in [2.45, 2.75) is 31.6 Å². The summed E-state index contributed by atoms with van der Waals surface area (Å²) < 4.78 is 15.7. The monoisotopic (exact) mass is 358 g/mol. The smallest absolute Gasteiger partial charge is 0.252 e. The largest absolute Gasteiger partial charge is 0.346 e. The van der Waals surface area contributed by atoms with E-state index in [1.165, 1.54) is 16.8 Å². The summed E-state index contributed by atoms with van der Waals surface area (Å²) in [4.78, 5) is 16.8. The Morgan fingerprint density at radius 1 is 1.36 bits per heavy atom. The average Bonchev–Trinajstić information content (AvgIpc) is 3.01. The minimum Gasteiger partial charge on any atom is -0.346 e. The molecule has 2 aromatic heterocycles. The van der Waals surface area contributed by atoms with Crippen molar-refractivity contribution in [3.63, 3.8) is 0 Å². The molecule has 0 aliphatic heterocycles. The maximum Gasteiger partial charge on any atom is 0.252 e. The van der Waals surface area contributed by atoms with Gasteiger partial charge in [-0.1, -0.05) is 6.92 Å². The van der Waals surface area contributed by atoms with E-state index in [1.807, 2.05) is 26.8 Å². The first kappa shape index (κ1) is 17.4. The Balaban J connectivity index is 2.06. The van der Waals surface area contributed by atoms with E-state index >= 15 is 0 Å². The van der Waals surface area contributed by atoms with Crippen LogP contribution in [0.25, 0.3) is 16.6 Å². The van der Waals surface area contributed by atoms with Gasteiger partial charge in [0.25, 0.3) is 5.91 Å². The number of nitrogens with one attached hydrogen (secondary N) is 1. The number of pyridine rings is 1. The molecule has 0 fully saturated rings. The lowest BCUT2D eigenvalue weighted by Crippen LogP contribution is -2.49. The summed E-state index contributed by atoms with van der Waals surface area (Å²) in [5.41, 5.74) is 0.691. The highest BCUT2D eigenvalue weighted by Crippen LogP contribution is 2.24. The van der Waals surface area contributed by atoms with E-state index in [1.54, 1.807) is 24.7 Å². The molecule has 1 amide bonds.